The standard InChI is InChI=1S/C13H19N3O2/c1-2-18-12-7-10(3-4-11(12)14)16-6-5-9(8-16)13(15)17/h3-4,7,9H,2,5-6,8,14H2,1H3,(H2,15,17). The zero-order valence-corrected chi connectivity index (χ0v) is 10.6. The van der Waals surface area contributed by atoms with Gasteiger partial charge in [0, 0.05) is 24.8 Å². The minimum absolute atomic E-state index is 0.0573. The number of primary amides is 1. The van der Waals surface area contributed by atoms with E-state index < -0.39 is 0 Å². The van der Waals surface area contributed by atoms with Gasteiger partial charge in [-0.2, -0.15) is 0 Å². The first-order valence-corrected chi connectivity index (χ1v) is 6.18. The molecule has 4 N–H and O–H groups in total. The molecule has 1 aliphatic heterocycles. The Labute approximate surface area is 107 Å². The quantitative estimate of drug-likeness (QED) is 0.779. The summed E-state index contributed by atoms with van der Waals surface area (Å²) in [7, 11) is 0. The lowest BCUT2D eigenvalue weighted by Crippen LogP contribution is -2.27. The van der Waals surface area contributed by atoms with Crippen LogP contribution in [0, 0.1) is 5.92 Å². The van der Waals surface area contributed by atoms with E-state index in [0.717, 1.165) is 18.7 Å². The van der Waals surface area contributed by atoms with Crippen LogP contribution in [0.4, 0.5) is 11.4 Å². The van der Waals surface area contributed by atoms with Crippen molar-refractivity contribution < 1.29 is 9.53 Å². The summed E-state index contributed by atoms with van der Waals surface area (Å²) in [6.07, 6.45) is 0.809. The summed E-state index contributed by atoms with van der Waals surface area (Å²) in [5.74, 6) is 0.411. The van der Waals surface area contributed by atoms with Gasteiger partial charge in [-0.05, 0) is 25.5 Å². The summed E-state index contributed by atoms with van der Waals surface area (Å²) in [6, 6.07) is 5.70. The number of amides is 1. The van der Waals surface area contributed by atoms with E-state index in [1.54, 1.807) is 0 Å². The van der Waals surface area contributed by atoms with Gasteiger partial charge in [0.15, 0.2) is 0 Å². The van der Waals surface area contributed by atoms with Crippen LogP contribution >= 0.6 is 0 Å². The Morgan fingerprint density at radius 2 is 2.33 bits per heavy atom. The highest BCUT2D eigenvalue weighted by atomic mass is 16.5. The summed E-state index contributed by atoms with van der Waals surface area (Å²) < 4.78 is 5.47. The molecule has 1 aromatic carbocycles. The topological polar surface area (TPSA) is 81.6 Å². The molecule has 98 valence electrons. The van der Waals surface area contributed by atoms with Gasteiger partial charge in [-0.3, -0.25) is 4.79 Å². The minimum Gasteiger partial charge on any atom is -0.492 e. The fourth-order valence-electron chi connectivity index (χ4n) is 2.23. The first-order valence-electron chi connectivity index (χ1n) is 6.18. The van der Waals surface area contributed by atoms with Crippen LogP contribution < -0.4 is 21.1 Å². The third-order valence-corrected chi connectivity index (χ3v) is 3.25. The van der Waals surface area contributed by atoms with Gasteiger partial charge in [0.2, 0.25) is 5.91 Å². The molecule has 1 saturated heterocycles. The number of hydrogen-bond acceptors (Lipinski definition) is 4. The maximum Gasteiger partial charge on any atom is 0.222 e. The zero-order chi connectivity index (χ0) is 13.1. The van der Waals surface area contributed by atoms with Crippen molar-refractivity contribution in [2.24, 2.45) is 11.7 Å². The summed E-state index contributed by atoms with van der Waals surface area (Å²) in [4.78, 5) is 13.3. The fourth-order valence-corrected chi connectivity index (χ4v) is 2.23. The van der Waals surface area contributed by atoms with Crippen LogP contribution in [-0.4, -0.2) is 25.6 Å². The van der Waals surface area contributed by atoms with Gasteiger partial charge in [-0.25, -0.2) is 0 Å². The number of hydrogen-bond donors (Lipinski definition) is 2. The van der Waals surface area contributed by atoms with Crippen molar-refractivity contribution in [3.8, 4) is 5.75 Å². The third kappa shape index (κ3) is 2.50. The monoisotopic (exact) mass is 249 g/mol. The maximum absolute atomic E-state index is 11.2. The Morgan fingerprint density at radius 3 is 2.94 bits per heavy atom. The Bertz CT molecular complexity index is 448. The van der Waals surface area contributed by atoms with Gasteiger partial charge in [0.05, 0.1) is 18.2 Å². The highest BCUT2D eigenvalue weighted by Gasteiger charge is 2.26. The number of carbonyl (C=O) groups is 1. The van der Waals surface area contributed by atoms with E-state index in [2.05, 4.69) is 4.90 Å². The molecule has 1 fully saturated rings. The molecule has 1 unspecified atom stereocenters. The number of anilines is 2. The predicted molar refractivity (Wildman–Crippen MR) is 71.5 cm³/mol. The van der Waals surface area contributed by atoms with E-state index in [4.69, 9.17) is 16.2 Å². The molecule has 0 spiro atoms. The zero-order valence-electron chi connectivity index (χ0n) is 10.6. The van der Waals surface area contributed by atoms with Crippen molar-refractivity contribution in [1.29, 1.82) is 0 Å². The van der Waals surface area contributed by atoms with Gasteiger partial charge in [0.1, 0.15) is 5.75 Å². The largest absolute Gasteiger partial charge is 0.492 e. The van der Waals surface area contributed by atoms with Crippen LogP contribution in [0.1, 0.15) is 13.3 Å². The molecule has 1 amide bonds. The number of nitrogen functional groups attached to an aromatic ring is 1. The molecule has 0 bridgehead atoms. The average Bonchev–Trinajstić information content (AvgIpc) is 2.82. The number of rotatable bonds is 4. The van der Waals surface area contributed by atoms with Gasteiger partial charge in [-0.15, -0.1) is 0 Å². The van der Waals surface area contributed by atoms with Crippen LogP contribution in [0.2, 0.25) is 0 Å². The Hall–Kier alpha value is -1.91. The van der Waals surface area contributed by atoms with E-state index in [1.807, 2.05) is 25.1 Å². The van der Waals surface area contributed by atoms with Crippen molar-refractivity contribution >= 4 is 17.3 Å². The van der Waals surface area contributed by atoms with Crippen LogP contribution in [-0.2, 0) is 4.79 Å². The molecule has 1 aromatic rings. The molecule has 1 atom stereocenters. The molecular weight excluding hydrogens is 230 g/mol. The normalized spacial score (nSPS) is 18.9. The lowest BCUT2D eigenvalue weighted by molar-refractivity contribution is -0.121. The fraction of sp³-hybridized carbons (Fsp3) is 0.462. The average molecular weight is 249 g/mol. The highest BCUT2D eigenvalue weighted by molar-refractivity contribution is 5.78. The molecule has 1 heterocycles. The summed E-state index contributed by atoms with van der Waals surface area (Å²) in [5.41, 5.74) is 12.8. The third-order valence-electron chi connectivity index (χ3n) is 3.25. The molecule has 0 aromatic heterocycles. The van der Waals surface area contributed by atoms with E-state index in [9.17, 15) is 4.79 Å². The van der Waals surface area contributed by atoms with Gasteiger partial charge < -0.3 is 21.1 Å². The van der Waals surface area contributed by atoms with Crippen molar-refractivity contribution in [2.75, 3.05) is 30.3 Å². The summed E-state index contributed by atoms with van der Waals surface area (Å²) >= 11 is 0. The molecule has 0 radical (unpaired) electrons. The molecule has 0 saturated carbocycles. The summed E-state index contributed by atoms with van der Waals surface area (Å²) in [5, 5.41) is 0. The molecule has 1 aliphatic rings. The number of benzene rings is 1. The number of nitrogens with zero attached hydrogens (tertiary/aromatic N) is 1. The van der Waals surface area contributed by atoms with Crippen LogP contribution in [0.25, 0.3) is 0 Å². The van der Waals surface area contributed by atoms with Crippen molar-refractivity contribution in [3.63, 3.8) is 0 Å². The predicted octanol–water partition coefficient (Wildman–Crippen LogP) is 0.979. The van der Waals surface area contributed by atoms with E-state index in [-0.39, 0.29) is 11.8 Å². The Balaban J connectivity index is 2.14. The first-order chi connectivity index (χ1) is 8.61. The number of carbonyl (C=O) groups excluding carboxylic acids is 1. The van der Waals surface area contributed by atoms with Crippen LogP contribution in [0.5, 0.6) is 5.75 Å². The van der Waals surface area contributed by atoms with Crippen LogP contribution in [0.3, 0.4) is 0 Å². The minimum atomic E-state index is -0.224. The SMILES string of the molecule is CCOc1cc(N2CCC(C(N)=O)C2)ccc1N. The lowest BCUT2D eigenvalue weighted by Gasteiger charge is -2.19. The number of nitrogens with two attached hydrogens (primary N) is 2. The van der Waals surface area contributed by atoms with E-state index in [0.29, 0.717) is 24.6 Å². The lowest BCUT2D eigenvalue weighted by atomic mass is 10.1. The molecule has 0 aliphatic carbocycles. The first kappa shape index (κ1) is 12.5. The van der Waals surface area contributed by atoms with Crippen molar-refractivity contribution in [3.05, 3.63) is 18.2 Å². The van der Waals surface area contributed by atoms with Crippen LogP contribution in [0.15, 0.2) is 18.2 Å². The maximum atomic E-state index is 11.2. The second-order valence-corrected chi connectivity index (χ2v) is 4.49. The van der Waals surface area contributed by atoms with Crippen molar-refractivity contribution in [2.45, 2.75) is 13.3 Å². The second-order valence-electron chi connectivity index (χ2n) is 4.49. The molecule has 5 heteroatoms. The molecule has 18 heavy (non-hydrogen) atoms. The van der Waals surface area contributed by atoms with E-state index >= 15 is 0 Å². The number of ether oxygens (including phenoxy) is 1. The Morgan fingerprint density at radius 1 is 1.56 bits per heavy atom. The molecular formula is C13H19N3O2. The van der Waals surface area contributed by atoms with Gasteiger partial charge >= 0.3 is 0 Å². The molecule has 5 nitrogen and oxygen atoms in total. The smallest absolute Gasteiger partial charge is 0.222 e. The molecule has 2 rings (SSSR count). The second kappa shape index (κ2) is 5.16. The highest BCUT2D eigenvalue weighted by Crippen LogP contribution is 2.30. The van der Waals surface area contributed by atoms with E-state index in [1.165, 1.54) is 0 Å². The van der Waals surface area contributed by atoms with Gasteiger partial charge in [0.25, 0.3) is 0 Å². The van der Waals surface area contributed by atoms with Gasteiger partial charge in [-0.1, -0.05) is 0 Å². The van der Waals surface area contributed by atoms with Crippen molar-refractivity contribution in [1.82, 2.24) is 0 Å². The summed E-state index contributed by atoms with van der Waals surface area (Å²) in [6.45, 7) is 4.01. The Kier molecular flexibility index (Phi) is 3.60.